The summed E-state index contributed by atoms with van der Waals surface area (Å²) in [5.41, 5.74) is 5.96. The first-order valence-electron chi connectivity index (χ1n) is 9.99. The molecule has 0 saturated carbocycles. The number of benzene rings is 3. The van der Waals surface area contributed by atoms with Crippen molar-refractivity contribution < 1.29 is 9.59 Å². The molecule has 2 amide bonds. The standard InChI is InChI=1S/C24H18Cl2N4O3/c25-19-11-10-16(12-20(19)26)13-21(31)27-28-23(32)22-17-8-4-5-9-18(17)24(33)30(29-22)14-15-6-2-1-3-7-15/h1-12H,13-14H2,(H,27,31)(H,28,32). The third kappa shape index (κ3) is 5.22. The highest BCUT2D eigenvalue weighted by Gasteiger charge is 2.17. The molecule has 0 aliphatic rings. The van der Waals surface area contributed by atoms with E-state index in [0.29, 0.717) is 26.4 Å². The Labute approximate surface area is 198 Å². The summed E-state index contributed by atoms with van der Waals surface area (Å²) in [6.07, 6.45) is -0.0150. The van der Waals surface area contributed by atoms with Gasteiger partial charge in [0.25, 0.3) is 11.5 Å². The zero-order valence-electron chi connectivity index (χ0n) is 17.2. The topological polar surface area (TPSA) is 93.1 Å². The molecule has 4 rings (SSSR count). The fourth-order valence-electron chi connectivity index (χ4n) is 3.33. The number of carbonyl (C=O) groups is 2. The van der Waals surface area contributed by atoms with Crippen LogP contribution in [0, 0.1) is 0 Å². The lowest BCUT2D eigenvalue weighted by Gasteiger charge is -2.12. The Kier molecular flexibility index (Phi) is 6.72. The van der Waals surface area contributed by atoms with E-state index in [1.807, 2.05) is 30.3 Å². The molecule has 0 aliphatic carbocycles. The summed E-state index contributed by atoms with van der Waals surface area (Å²) in [6.45, 7) is 0.203. The maximum atomic E-state index is 12.9. The minimum Gasteiger partial charge on any atom is -0.273 e. The van der Waals surface area contributed by atoms with Gasteiger partial charge in [-0.25, -0.2) is 4.68 Å². The van der Waals surface area contributed by atoms with Gasteiger partial charge in [-0.3, -0.25) is 25.2 Å². The fraction of sp³-hybridized carbons (Fsp3) is 0.0833. The molecular weight excluding hydrogens is 463 g/mol. The van der Waals surface area contributed by atoms with Crippen molar-refractivity contribution in [2.75, 3.05) is 0 Å². The molecule has 0 atom stereocenters. The molecule has 0 bridgehead atoms. The normalized spacial score (nSPS) is 10.7. The lowest BCUT2D eigenvalue weighted by atomic mass is 10.1. The number of nitrogens with one attached hydrogen (secondary N) is 2. The molecule has 1 heterocycles. The van der Waals surface area contributed by atoms with Gasteiger partial charge in [-0.1, -0.05) is 77.8 Å². The summed E-state index contributed by atoms with van der Waals surface area (Å²) >= 11 is 11.9. The van der Waals surface area contributed by atoms with Gasteiger partial charge in [-0.05, 0) is 29.3 Å². The van der Waals surface area contributed by atoms with Gasteiger partial charge in [0.15, 0.2) is 5.69 Å². The molecule has 0 saturated heterocycles. The van der Waals surface area contributed by atoms with Crippen LogP contribution in [0.4, 0.5) is 0 Å². The number of aromatic nitrogens is 2. The first kappa shape index (κ1) is 22.5. The van der Waals surface area contributed by atoms with Crippen molar-refractivity contribution in [2.45, 2.75) is 13.0 Å². The van der Waals surface area contributed by atoms with E-state index in [4.69, 9.17) is 23.2 Å². The van der Waals surface area contributed by atoms with Gasteiger partial charge in [-0.15, -0.1) is 0 Å². The lowest BCUT2D eigenvalue weighted by molar-refractivity contribution is -0.121. The molecule has 7 nitrogen and oxygen atoms in total. The lowest BCUT2D eigenvalue weighted by Crippen LogP contribution is -2.43. The minimum atomic E-state index is -0.643. The van der Waals surface area contributed by atoms with Gasteiger partial charge in [-0.2, -0.15) is 5.10 Å². The maximum Gasteiger partial charge on any atom is 0.290 e. The molecule has 166 valence electrons. The number of rotatable bonds is 5. The Bertz CT molecular complexity index is 1400. The molecule has 33 heavy (non-hydrogen) atoms. The molecular formula is C24H18Cl2N4O3. The summed E-state index contributed by atoms with van der Waals surface area (Å²) in [6, 6.07) is 20.9. The first-order chi connectivity index (χ1) is 15.9. The highest BCUT2D eigenvalue weighted by Crippen LogP contribution is 2.22. The van der Waals surface area contributed by atoms with E-state index in [2.05, 4.69) is 16.0 Å². The Morgan fingerprint density at radius 1 is 0.818 bits per heavy atom. The van der Waals surface area contributed by atoms with E-state index < -0.39 is 11.8 Å². The van der Waals surface area contributed by atoms with E-state index in [-0.39, 0.29) is 24.2 Å². The smallest absolute Gasteiger partial charge is 0.273 e. The van der Waals surface area contributed by atoms with Gasteiger partial charge in [0.1, 0.15) is 0 Å². The Hall–Kier alpha value is -3.68. The molecule has 3 aromatic carbocycles. The van der Waals surface area contributed by atoms with Gasteiger partial charge in [0.2, 0.25) is 5.91 Å². The molecule has 0 radical (unpaired) electrons. The monoisotopic (exact) mass is 480 g/mol. The molecule has 0 unspecified atom stereocenters. The second kappa shape index (κ2) is 9.85. The Balaban J connectivity index is 1.55. The second-order valence-electron chi connectivity index (χ2n) is 7.27. The average Bonchev–Trinajstić information content (AvgIpc) is 2.82. The summed E-state index contributed by atoms with van der Waals surface area (Å²) in [5.74, 6) is -1.10. The van der Waals surface area contributed by atoms with Crippen LogP contribution < -0.4 is 16.4 Å². The van der Waals surface area contributed by atoms with Crippen LogP contribution >= 0.6 is 23.2 Å². The van der Waals surface area contributed by atoms with Crippen LogP contribution in [0.15, 0.2) is 77.6 Å². The third-order valence-electron chi connectivity index (χ3n) is 4.92. The van der Waals surface area contributed by atoms with Crippen molar-refractivity contribution in [2.24, 2.45) is 0 Å². The molecule has 0 aliphatic heterocycles. The van der Waals surface area contributed by atoms with Gasteiger partial charge in [0.05, 0.1) is 28.4 Å². The van der Waals surface area contributed by atoms with Crippen molar-refractivity contribution in [3.63, 3.8) is 0 Å². The summed E-state index contributed by atoms with van der Waals surface area (Å²) in [7, 11) is 0. The highest BCUT2D eigenvalue weighted by molar-refractivity contribution is 6.42. The zero-order valence-corrected chi connectivity index (χ0v) is 18.7. The molecule has 0 spiro atoms. The van der Waals surface area contributed by atoms with Crippen molar-refractivity contribution in [3.05, 3.63) is 110 Å². The van der Waals surface area contributed by atoms with E-state index in [0.717, 1.165) is 5.56 Å². The zero-order chi connectivity index (χ0) is 23.4. The van der Waals surface area contributed by atoms with Crippen LogP contribution in [-0.4, -0.2) is 21.6 Å². The average molecular weight is 481 g/mol. The second-order valence-corrected chi connectivity index (χ2v) is 8.08. The Morgan fingerprint density at radius 2 is 1.52 bits per heavy atom. The van der Waals surface area contributed by atoms with Crippen molar-refractivity contribution in [1.29, 1.82) is 0 Å². The van der Waals surface area contributed by atoms with Crippen LogP contribution in [0.2, 0.25) is 10.0 Å². The third-order valence-corrected chi connectivity index (χ3v) is 5.66. The first-order valence-corrected chi connectivity index (χ1v) is 10.7. The molecule has 0 fully saturated rings. The van der Waals surface area contributed by atoms with Gasteiger partial charge in [0, 0.05) is 5.39 Å². The number of halogens is 2. The summed E-state index contributed by atoms with van der Waals surface area (Å²) in [4.78, 5) is 38.1. The van der Waals surface area contributed by atoms with Crippen molar-refractivity contribution in [1.82, 2.24) is 20.6 Å². The molecule has 2 N–H and O–H groups in total. The largest absolute Gasteiger partial charge is 0.290 e. The minimum absolute atomic E-state index is 0.0150. The van der Waals surface area contributed by atoms with E-state index in [1.165, 1.54) is 4.68 Å². The van der Waals surface area contributed by atoms with Crippen LogP contribution in [0.5, 0.6) is 0 Å². The molecule has 9 heteroatoms. The SMILES string of the molecule is O=C(Cc1ccc(Cl)c(Cl)c1)NNC(=O)c1nn(Cc2ccccc2)c(=O)c2ccccc12. The van der Waals surface area contributed by atoms with Crippen LogP contribution in [0.3, 0.4) is 0 Å². The maximum absolute atomic E-state index is 12.9. The predicted molar refractivity (Wildman–Crippen MR) is 127 cm³/mol. The molecule has 4 aromatic rings. The van der Waals surface area contributed by atoms with E-state index >= 15 is 0 Å². The van der Waals surface area contributed by atoms with Crippen LogP contribution in [0.25, 0.3) is 10.8 Å². The van der Waals surface area contributed by atoms with E-state index in [1.54, 1.807) is 42.5 Å². The number of hydrogen-bond acceptors (Lipinski definition) is 4. The van der Waals surface area contributed by atoms with Crippen LogP contribution in [0.1, 0.15) is 21.6 Å². The number of fused-ring (bicyclic) bond motifs is 1. The number of nitrogens with zero attached hydrogens (tertiary/aromatic N) is 2. The summed E-state index contributed by atoms with van der Waals surface area (Å²) in [5, 5.41) is 5.76. The number of amides is 2. The van der Waals surface area contributed by atoms with Crippen molar-refractivity contribution >= 4 is 45.8 Å². The highest BCUT2D eigenvalue weighted by atomic mass is 35.5. The van der Waals surface area contributed by atoms with E-state index in [9.17, 15) is 14.4 Å². The fourth-order valence-corrected chi connectivity index (χ4v) is 3.65. The molecule has 1 aromatic heterocycles. The quantitative estimate of drug-likeness (QED) is 0.425. The summed E-state index contributed by atoms with van der Waals surface area (Å²) < 4.78 is 1.24. The van der Waals surface area contributed by atoms with Gasteiger partial charge >= 0.3 is 0 Å². The number of hydrazine groups is 1. The van der Waals surface area contributed by atoms with Gasteiger partial charge < -0.3 is 0 Å². The number of hydrogen-bond donors (Lipinski definition) is 2. The van der Waals surface area contributed by atoms with Crippen molar-refractivity contribution in [3.8, 4) is 0 Å². The Morgan fingerprint density at radius 3 is 2.24 bits per heavy atom. The number of carbonyl (C=O) groups excluding carboxylic acids is 2. The van der Waals surface area contributed by atoms with Crippen LogP contribution in [-0.2, 0) is 17.8 Å². The predicted octanol–water partition coefficient (Wildman–Crippen LogP) is 3.76.